The van der Waals surface area contributed by atoms with Crippen molar-refractivity contribution in [2.24, 2.45) is 0 Å². The summed E-state index contributed by atoms with van der Waals surface area (Å²) in [5.41, 5.74) is 1.26. The predicted molar refractivity (Wildman–Crippen MR) is 129 cm³/mol. The zero-order valence-electron chi connectivity index (χ0n) is 16.9. The summed E-state index contributed by atoms with van der Waals surface area (Å²) in [5.74, 6) is -0.948. The molecule has 5 rings (SSSR count). The second kappa shape index (κ2) is 8.27. The van der Waals surface area contributed by atoms with Crippen LogP contribution in [-0.4, -0.2) is 19.3 Å². The van der Waals surface area contributed by atoms with Crippen molar-refractivity contribution in [2.75, 3.05) is 10.0 Å². The third-order valence-electron chi connectivity index (χ3n) is 5.00. The van der Waals surface area contributed by atoms with Crippen LogP contribution in [0.25, 0.3) is 21.0 Å². The van der Waals surface area contributed by atoms with Gasteiger partial charge in [-0.05, 0) is 53.9 Å². The zero-order chi connectivity index (χ0) is 23.0. The average Bonchev–Trinajstić information content (AvgIpc) is 3.22. The third kappa shape index (κ3) is 4.28. The number of aromatic nitrogens is 1. The molecule has 1 heterocycles. The van der Waals surface area contributed by atoms with Crippen LogP contribution in [-0.2, 0) is 10.0 Å². The fraction of sp³-hybridized carbons (Fsp3) is 0. The monoisotopic (exact) mass is 477 g/mol. The van der Waals surface area contributed by atoms with Gasteiger partial charge in [-0.3, -0.25) is 14.8 Å². The first kappa shape index (κ1) is 21.0. The molecule has 0 saturated carbocycles. The van der Waals surface area contributed by atoms with Crippen LogP contribution in [0.2, 0.25) is 0 Å². The molecule has 0 aliphatic heterocycles. The first-order chi connectivity index (χ1) is 15.9. The molecule has 5 aromatic rings. The molecule has 6 nitrogen and oxygen atoms in total. The van der Waals surface area contributed by atoms with Crippen molar-refractivity contribution in [1.82, 2.24) is 4.98 Å². The molecular weight excluding hydrogens is 461 g/mol. The van der Waals surface area contributed by atoms with Crippen molar-refractivity contribution in [3.05, 3.63) is 96.3 Å². The van der Waals surface area contributed by atoms with Crippen LogP contribution >= 0.6 is 11.3 Å². The minimum absolute atomic E-state index is 0.0829. The van der Waals surface area contributed by atoms with Crippen LogP contribution < -0.4 is 10.0 Å². The number of carbonyl (C=O) groups excluding carboxylic acids is 1. The summed E-state index contributed by atoms with van der Waals surface area (Å²) >= 11 is 1.38. The van der Waals surface area contributed by atoms with E-state index < -0.39 is 21.7 Å². The molecule has 4 aromatic carbocycles. The topological polar surface area (TPSA) is 88.2 Å². The van der Waals surface area contributed by atoms with E-state index in [2.05, 4.69) is 15.0 Å². The number of hydrogen-bond acceptors (Lipinski definition) is 5. The van der Waals surface area contributed by atoms with Crippen LogP contribution in [0.3, 0.4) is 0 Å². The Balaban J connectivity index is 1.38. The minimum atomic E-state index is -3.93. The number of benzene rings is 4. The van der Waals surface area contributed by atoms with Gasteiger partial charge in [0.2, 0.25) is 0 Å². The highest BCUT2D eigenvalue weighted by molar-refractivity contribution is 7.92. The van der Waals surface area contributed by atoms with E-state index in [1.54, 1.807) is 12.1 Å². The molecule has 2 N–H and O–H groups in total. The van der Waals surface area contributed by atoms with E-state index >= 15 is 0 Å². The van der Waals surface area contributed by atoms with Crippen molar-refractivity contribution in [3.8, 4) is 0 Å². The molecule has 1 amide bonds. The summed E-state index contributed by atoms with van der Waals surface area (Å²) < 4.78 is 41.6. The number of carbonyl (C=O) groups is 1. The van der Waals surface area contributed by atoms with E-state index in [1.807, 2.05) is 36.4 Å². The van der Waals surface area contributed by atoms with Gasteiger partial charge >= 0.3 is 0 Å². The second-order valence-corrected chi connectivity index (χ2v) is 9.93. The van der Waals surface area contributed by atoms with Gasteiger partial charge in [0.15, 0.2) is 5.13 Å². The summed E-state index contributed by atoms with van der Waals surface area (Å²) in [6.45, 7) is 0. The summed E-state index contributed by atoms with van der Waals surface area (Å²) in [6, 6.07) is 22.4. The standard InChI is InChI=1S/C24H16FN3O3S2/c25-17-9-11-19(12-10-17)33(30,31)28-18-6-3-5-16(14-18)23(29)27-24-26-21-13-8-15-4-1-2-7-20(15)22(21)32-24/h1-14,28H,(H,26,27,29). The van der Waals surface area contributed by atoms with Gasteiger partial charge in [0, 0.05) is 16.6 Å². The number of sulfonamides is 1. The fourth-order valence-electron chi connectivity index (χ4n) is 3.43. The molecule has 164 valence electrons. The van der Waals surface area contributed by atoms with E-state index in [0.717, 1.165) is 33.1 Å². The Hall–Kier alpha value is -3.82. The van der Waals surface area contributed by atoms with E-state index in [-0.39, 0.29) is 16.1 Å². The number of amides is 1. The minimum Gasteiger partial charge on any atom is -0.298 e. The quantitative estimate of drug-likeness (QED) is 0.343. The normalized spacial score (nSPS) is 11.5. The fourth-order valence-corrected chi connectivity index (χ4v) is 5.47. The van der Waals surface area contributed by atoms with Crippen molar-refractivity contribution in [3.63, 3.8) is 0 Å². The molecular formula is C24H16FN3O3S2. The summed E-state index contributed by atoms with van der Waals surface area (Å²) in [5, 5.41) is 5.39. The van der Waals surface area contributed by atoms with Gasteiger partial charge in [0.1, 0.15) is 5.82 Å². The lowest BCUT2D eigenvalue weighted by Gasteiger charge is -2.09. The number of hydrogen-bond donors (Lipinski definition) is 2. The van der Waals surface area contributed by atoms with E-state index in [4.69, 9.17) is 0 Å². The lowest BCUT2D eigenvalue weighted by atomic mass is 10.1. The Morgan fingerprint density at radius 2 is 1.70 bits per heavy atom. The molecule has 0 bridgehead atoms. The first-order valence-corrected chi connectivity index (χ1v) is 12.2. The maximum atomic E-state index is 13.1. The first-order valence-electron chi connectivity index (χ1n) is 9.87. The van der Waals surface area contributed by atoms with E-state index in [9.17, 15) is 17.6 Å². The number of anilines is 2. The third-order valence-corrected chi connectivity index (χ3v) is 7.42. The molecule has 0 aliphatic carbocycles. The molecule has 0 fully saturated rings. The molecule has 1 aromatic heterocycles. The van der Waals surface area contributed by atoms with Crippen molar-refractivity contribution in [2.45, 2.75) is 4.90 Å². The molecule has 33 heavy (non-hydrogen) atoms. The van der Waals surface area contributed by atoms with Crippen molar-refractivity contribution < 1.29 is 17.6 Å². The second-order valence-electron chi connectivity index (χ2n) is 7.25. The van der Waals surface area contributed by atoms with Crippen molar-refractivity contribution >= 4 is 59.1 Å². The summed E-state index contributed by atoms with van der Waals surface area (Å²) in [6.07, 6.45) is 0. The summed E-state index contributed by atoms with van der Waals surface area (Å²) in [7, 11) is -3.93. The van der Waals surface area contributed by atoms with Gasteiger partial charge < -0.3 is 0 Å². The van der Waals surface area contributed by atoms with Gasteiger partial charge in [0.25, 0.3) is 15.9 Å². The maximum Gasteiger partial charge on any atom is 0.261 e. The van der Waals surface area contributed by atoms with Crippen LogP contribution in [0, 0.1) is 5.82 Å². The molecule has 9 heteroatoms. The lowest BCUT2D eigenvalue weighted by Crippen LogP contribution is -2.15. The van der Waals surface area contributed by atoms with Crippen LogP contribution in [0.5, 0.6) is 0 Å². The Labute approximate surface area is 192 Å². The molecule has 0 atom stereocenters. The highest BCUT2D eigenvalue weighted by Gasteiger charge is 2.16. The lowest BCUT2D eigenvalue weighted by molar-refractivity contribution is 0.102. The van der Waals surface area contributed by atoms with Crippen LogP contribution in [0.15, 0.2) is 89.8 Å². The Morgan fingerprint density at radius 1 is 0.909 bits per heavy atom. The summed E-state index contributed by atoms with van der Waals surface area (Å²) in [4.78, 5) is 17.2. The average molecular weight is 478 g/mol. The van der Waals surface area contributed by atoms with Gasteiger partial charge in [-0.25, -0.2) is 17.8 Å². The molecule has 0 spiro atoms. The van der Waals surface area contributed by atoms with E-state index in [0.29, 0.717) is 5.13 Å². The Kier molecular flexibility index (Phi) is 5.27. The number of halogens is 1. The Morgan fingerprint density at radius 3 is 2.52 bits per heavy atom. The number of nitrogens with one attached hydrogen (secondary N) is 2. The SMILES string of the molecule is O=C(Nc1nc2ccc3ccccc3c2s1)c1cccc(NS(=O)(=O)c2ccc(F)cc2)c1. The smallest absolute Gasteiger partial charge is 0.261 e. The predicted octanol–water partition coefficient (Wildman–Crippen LogP) is 5.64. The molecule has 0 saturated heterocycles. The van der Waals surface area contributed by atoms with Gasteiger partial charge in [-0.15, -0.1) is 0 Å². The molecule has 0 radical (unpaired) electrons. The largest absolute Gasteiger partial charge is 0.298 e. The van der Waals surface area contributed by atoms with Crippen LogP contribution in [0.4, 0.5) is 15.2 Å². The number of rotatable bonds is 5. The number of nitrogens with zero attached hydrogens (tertiary/aromatic N) is 1. The highest BCUT2D eigenvalue weighted by Crippen LogP contribution is 2.33. The zero-order valence-corrected chi connectivity index (χ0v) is 18.6. The number of thiazole rings is 1. The molecule has 0 aliphatic rings. The van der Waals surface area contributed by atoms with Crippen LogP contribution in [0.1, 0.15) is 10.4 Å². The van der Waals surface area contributed by atoms with Crippen molar-refractivity contribution in [1.29, 1.82) is 0 Å². The Bertz CT molecular complexity index is 1610. The van der Waals surface area contributed by atoms with Gasteiger partial charge in [-0.1, -0.05) is 47.7 Å². The van der Waals surface area contributed by atoms with E-state index in [1.165, 1.54) is 35.6 Å². The molecule has 0 unspecified atom stereocenters. The maximum absolute atomic E-state index is 13.1. The van der Waals surface area contributed by atoms with Gasteiger partial charge in [0.05, 0.1) is 15.1 Å². The highest BCUT2D eigenvalue weighted by atomic mass is 32.2. The van der Waals surface area contributed by atoms with Gasteiger partial charge in [-0.2, -0.15) is 0 Å². The number of fused-ring (bicyclic) bond motifs is 3.